The molecule has 0 radical (unpaired) electrons. The van der Waals surface area contributed by atoms with Crippen LogP contribution in [-0.2, 0) is 24.2 Å². The number of carbonyl (C=O) groups is 1. The number of nitro groups is 1. The van der Waals surface area contributed by atoms with Crippen LogP contribution in [0.1, 0.15) is 43.0 Å². The second kappa shape index (κ2) is 7.36. The van der Waals surface area contributed by atoms with E-state index in [1.54, 1.807) is 4.68 Å². The van der Waals surface area contributed by atoms with Crippen molar-refractivity contribution in [3.63, 3.8) is 0 Å². The molecule has 1 aliphatic rings. The van der Waals surface area contributed by atoms with Crippen molar-refractivity contribution in [2.24, 2.45) is 0 Å². The van der Waals surface area contributed by atoms with E-state index >= 15 is 0 Å². The fraction of sp³-hybridized carbons (Fsp3) is 0.438. The normalized spacial score (nSPS) is 16.2. The maximum absolute atomic E-state index is 13.7. The molecule has 1 aromatic carbocycles. The minimum Gasteiger partial charge on any atom is -0.346 e. The lowest BCUT2D eigenvalue weighted by Crippen LogP contribution is -2.34. The summed E-state index contributed by atoms with van der Waals surface area (Å²) >= 11 is 5.60. The first-order chi connectivity index (χ1) is 12.4. The van der Waals surface area contributed by atoms with Crippen molar-refractivity contribution in [2.45, 2.75) is 45.2 Å². The quantitative estimate of drug-likeness (QED) is 0.633. The second-order valence-electron chi connectivity index (χ2n) is 6.05. The summed E-state index contributed by atoms with van der Waals surface area (Å²) in [5.74, 6) is 0.134. The first-order valence-corrected chi connectivity index (χ1v) is 8.62. The number of rotatable bonds is 5. The average molecular weight is 382 g/mol. The molecular formula is C16H17ClFN5O3. The third-order valence-electron chi connectivity index (χ3n) is 4.24. The van der Waals surface area contributed by atoms with Crippen molar-refractivity contribution in [3.8, 4) is 0 Å². The zero-order valence-electron chi connectivity index (χ0n) is 14.0. The molecule has 1 aromatic heterocycles. The van der Waals surface area contributed by atoms with Gasteiger partial charge in [0.05, 0.1) is 22.4 Å². The summed E-state index contributed by atoms with van der Waals surface area (Å²) in [6.45, 7) is 2.69. The Bertz CT molecular complexity index is 870. The predicted molar refractivity (Wildman–Crippen MR) is 91.3 cm³/mol. The van der Waals surface area contributed by atoms with E-state index < -0.39 is 16.6 Å². The molecule has 0 spiro atoms. The zero-order chi connectivity index (χ0) is 18.8. The summed E-state index contributed by atoms with van der Waals surface area (Å²) in [7, 11) is 0. The average Bonchev–Trinajstić information content (AvgIpc) is 3.02. The molecule has 0 bridgehead atoms. The molecule has 0 saturated carbocycles. The Morgan fingerprint density at radius 3 is 3.00 bits per heavy atom. The number of halogens is 2. The highest BCUT2D eigenvalue weighted by atomic mass is 35.5. The lowest BCUT2D eigenvalue weighted by Gasteiger charge is -2.23. The van der Waals surface area contributed by atoms with Crippen LogP contribution in [0.3, 0.4) is 0 Å². The molecule has 138 valence electrons. The molecule has 1 aliphatic heterocycles. The highest BCUT2D eigenvalue weighted by molar-refractivity contribution is 6.31. The molecule has 2 aromatic rings. The number of benzene rings is 1. The van der Waals surface area contributed by atoms with Crippen LogP contribution in [0.15, 0.2) is 12.1 Å². The number of nitro benzene ring substituents is 1. The van der Waals surface area contributed by atoms with Gasteiger partial charge in [0.15, 0.2) is 5.82 Å². The smallest absolute Gasteiger partial charge is 0.274 e. The van der Waals surface area contributed by atoms with Crippen molar-refractivity contribution in [1.82, 2.24) is 20.1 Å². The topological polar surface area (TPSA) is 103 Å². The molecule has 1 amide bonds. The van der Waals surface area contributed by atoms with E-state index in [1.165, 1.54) is 0 Å². The maximum atomic E-state index is 13.7. The summed E-state index contributed by atoms with van der Waals surface area (Å²) in [4.78, 5) is 27.3. The monoisotopic (exact) mass is 381 g/mol. The molecule has 8 nitrogen and oxygen atoms in total. The van der Waals surface area contributed by atoms with Gasteiger partial charge >= 0.3 is 0 Å². The lowest BCUT2D eigenvalue weighted by molar-refractivity contribution is -0.385. The van der Waals surface area contributed by atoms with Gasteiger partial charge in [-0.05, 0) is 18.9 Å². The molecule has 26 heavy (non-hydrogen) atoms. The third kappa shape index (κ3) is 3.67. The van der Waals surface area contributed by atoms with Gasteiger partial charge in [0, 0.05) is 24.6 Å². The molecule has 1 atom stereocenters. The van der Waals surface area contributed by atoms with Crippen molar-refractivity contribution >= 4 is 23.2 Å². The van der Waals surface area contributed by atoms with Gasteiger partial charge in [-0.25, -0.2) is 14.1 Å². The number of fused-ring (bicyclic) bond motifs is 1. The number of aromatic nitrogens is 3. The minimum absolute atomic E-state index is 0.0269. The Morgan fingerprint density at radius 1 is 1.54 bits per heavy atom. The number of hydrogen-bond donors (Lipinski definition) is 1. The maximum Gasteiger partial charge on any atom is 0.274 e. The van der Waals surface area contributed by atoms with Crippen LogP contribution in [0, 0.1) is 15.9 Å². The Hall–Kier alpha value is -2.55. The fourth-order valence-electron chi connectivity index (χ4n) is 2.99. The van der Waals surface area contributed by atoms with E-state index in [0.717, 1.165) is 25.1 Å². The van der Waals surface area contributed by atoms with Crippen LogP contribution in [0.2, 0.25) is 5.02 Å². The van der Waals surface area contributed by atoms with Gasteiger partial charge in [0.2, 0.25) is 5.91 Å². The van der Waals surface area contributed by atoms with E-state index in [2.05, 4.69) is 15.4 Å². The lowest BCUT2D eigenvalue weighted by atomic mass is 10.1. The van der Waals surface area contributed by atoms with Gasteiger partial charge in [0.1, 0.15) is 11.6 Å². The largest absolute Gasteiger partial charge is 0.346 e. The number of hydrogen-bond acceptors (Lipinski definition) is 5. The van der Waals surface area contributed by atoms with Gasteiger partial charge < -0.3 is 5.32 Å². The van der Waals surface area contributed by atoms with Crippen LogP contribution in [0.4, 0.5) is 10.1 Å². The van der Waals surface area contributed by atoms with Gasteiger partial charge in [-0.1, -0.05) is 18.5 Å². The molecule has 1 N–H and O–H groups in total. The van der Waals surface area contributed by atoms with E-state index in [4.69, 9.17) is 11.6 Å². The van der Waals surface area contributed by atoms with Crippen molar-refractivity contribution < 1.29 is 14.1 Å². The van der Waals surface area contributed by atoms with Crippen LogP contribution in [0.5, 0.6) is 0 Å². The standard InChI is InChI=1S/C16H17ClFN5O3/c1-2-14-20-16-12(4-3-5-22(16)21-14)19-15(24)7-9-6-11(18)10(17)8-13(9)23(25)26/h6,8,12H,2-5,7H2,1H3,(H,19,24)/t12-/m0/s1. The van der Waals surface area contributed by atoms with E-state index in [-0.39, 0.29) is 28.7 Å². The number of carbonyl (C=O) groups excluding carboxylic acids is 1. The van der Waals surface area contributed by atoms with Gasteiger partial charge in [-0.2, -0.15) is 5.10 Å². The summed E-state index contributed by atoms with van der Waals surface area (Å²) in [5, 5.41) is 18.0. The van der Waals surface area contributed by atoms with Crippen molar-refractivity contribution in [1.29, 1.82) is 0 Å². The zero-order valence-corrected chi connectivity index (χ0v) is 14.8. The summed E-state index contributed by atoms with van der Waals surface area (Å²) in [5.41, 5.74) is -0.410. The first kappa shape index (κ1) is 18.2. The molecule has 2 heterocycles. The highest BCUT2D eigenvalue weighted by Crippen LogP contribution is 2.27. The third-order valence-corrected chi connectivity index (χ3v) is 4.53. The summed E-state index contributed by atoms with van der Waals surface area (Å²) < 4.78 is 15.4. The first-order valence-electron chi connectivity index (χ1n) is 8.24. The van der Waals surface area contributed by atoms with Crippen LogP contribution < -0.4 is 5.32 Å². The highest BCUT2D eigenvalue weighted by Gasteiger charge is 2.27. The van der Waals surface area contributed by atoms with Gasteiger partial charge in [-0.3, -0.25) is 14.9 Å². The molecule has 0 aliphatic carbocycles. The van der Waals surface area contributed by atoms with Crippen LogP contribution in [-0.4, -0.2) is 25.6 Å². The Balaban J connectivity index is 1.78. The number of nitrogens with one attached hydrogen (secondary N) is 1. The van der Waals surface area contributed by atoms with Crippen LogP contribution >= 0.6 is 11.6 Å². The van der Waals surface area contributed by atoms with Gasteiger partial charge in [0.25, 0.3) is 5.69 Å². The van der Waals surface area contributed by atoms with E-state index in [1.807, 2.05) is 6.92 Å². The minimum atomic E-state index is -0.801. The van der Waals surface area contributed by atoms with Gasteiger partial charge in [-0.15, -0.1) is 0 Å². The Morgan fingerprint density at radius 2 is 2.31 bits per heavy atom. The molecule has 0 unspecified atom stereocenters. The SMILES string of the molecule is CCc1nc2n(n1)CCC[C@@H]2NC(=O)Cc1cc(F)c(Cl)cc1[N+](=O)[O-]. The molecule has 3 rings (SSSR count). The Labute approximate surface area is 153 Å². The molecule has 0 fully saturated rings. The number of aryl methyl sites for hydroxylation is 2. The predicted octanol–water partition coefficient (Wildman–Crippen LogP) is 2.74. The number of nitrogens with zero attached hydrogens (tertiary/aromatic N) is 4. The van der Waals surface area contributed by atoms with Crippen LogP contribution in [0.25, 0.3) is 0 Å². The second-order valence-corrected chi connectivity index (χ2v) is 6.46. The molecular weight excluding hydrogens is 365 g/mol. The summed E-state index contributed by atoms with van der Waals surface area (Å²) in [6.07, 6.45) is 1.90. The van der Waals surface area contributed by atoms with E-state index in [0.29, 0.717) is 24.5 Å². The Kier molecular flexibility index (Phi) is 5.17. The van der Waals surface area contributed by atoms with E-state index in [9.17, 15) is 19.3 Å². The number of amides is 1. The van der Waals surface area contributed by atoms with Crippen molar-refractivity contribution in [2.75, 3.05) is 0 Å². The molecule has 0 saturated heterocycles. The summed E-state index contributed by atoms with van der Waals surface area (Å²) in [6, 6.07) is 1.53. The molecule has 10 heteroatoms. The van der Waals surface area contributed by atoms with Crippen molar-refractivity contribution in [3.05, 3.63) is 50.3 Å². The fourth-order valence-corrected chi connectivity index (χ4v) is 3.15.